The molecule has 0 aliphatic carbocycles. The van der Waals surface area contributed by atoms with Crippen molar-refractivity contribution in [2.45, 2.75) is 290 Å². The van der Waals surface area contributed by atoms with Crippen LogP contribution in [0.4, 0.5) is 0 Å². The standard InChI is InChI=1S/C70H116O6/c1-4-7-10-13-16-19-22-25-27-29-31-33-34-35-36-38-39-41-43-45-48-51-54-57-60-63-69(72)75-66-67(65-74-68(71)62-59-56-53-50-47-24-21-18-15-12-9-6-3)76-70(73)64-61-58-55-52-49-46-44-42-40-37-32-30-28-26-23-20-17-14-11-8-5-2/h7-8,10-11,16-17,19-20,25-28,31-33,35-37,39,41,67H,4-6,9,12-15,18,21-24,29-30,34,38,40,42-66H2,1-3H3/b10-7-,11-8-,19-16-,20-17-,27-25-,28-26-,33-31-,36-35-,37-32-,41-39-. The Labute approximate surface area is 469 Å². The maximum Gasteiger partial charge on any atom is 0.306 e. The number of rotatable bonds is 56. The maximum absolute atomic E-state index is 12.9. The van der Waals surface area contributed by atoms with Crippen LogP contribution in [-0.2, 0) is 28.6 Å². The summed E-state index contributed by atoms with van der Waals surface area (Å²) in [6.45, 7) is 6.40. The molecule has 0 fully saturated rings. The fourth-order valence-electron chi connectivity index (χ4n) is 8.56. The molecule has 0 spiro atoms. The summed E-state index contributed by atoms with van der Waals surface area (Å²) in [6.07, 6.45) is 87.6. The molecule has 0 rings (SSSR count). The number of carbonyl (C=O) groups is 3. The van der Waals surface area contributed by atoms with Crippen molar-refractivity contribution in [3.05, 3.63) is 122 Å². The molecule has 0 amide bonds. The van der Waals surface area contributed by atoms with Gasteiger partial charge in [-0.05, 0) is 109 Å². The fraction of sp³-hybridized carbons (Fsp3) is 0.671. The van der Waals surface area contributed by atoms with Gasteiger partial charge in [-0.3, -0.25) is 14.4 Å². The lowest BCUT2D eigenvalue weighted by Crippen LogP contribution is -2.30. The number of allylic oxidation sites excluding steroid dienone is 20. The minimum Gasteiger partial charge on any atom is -0.462 e. The number of carbonyl (C=O) groups excluding carboxylic acids is 3. The second-order valence-electron chi connectivity index (χ2n) is 20.6. The van der Waals surface area contributed by atoms with Gasteiger partial charge in [-0.25, -0.2) is 0 Å². The van der Waals surface area contributed by atoms with Crippen molar-refractivity contribution in [3.63, 3.8) is 0 Å². The molecule has 0 aromatic carbocycles. The first kappa shape index (κ1) is 71.8. The van der Waals surface area contributed by atoms with Gasteiger partial charge in [-0.1, -0.05) is 277 Å². The van der Waals surface area contributed by atoms with Crippen LogP contribution in [0.25, 0.3) is 0 Å². The van der Waals surface area contributed by atoms with Gasteiger partial charge in [0.2, 0.25) is 0 Å². The van der Waals surface area contributed by atoms with E-state index >= 15 is 0 Å². The lowest BCUT2D eigenvalue weighted by atomic mass is 10.0. The maximum atomic E-state index is 12.9. The molecule has 0 aliphatic rings. The monoisotopic (exact) mass is 1050 g/mol. The van der Waals surface area contributed by atoms with Crippen LogP contribution in [0, 0.1) is 0 Å². The second-order valence-corrected chi connectivity index (χ2v) is 20.6. The van der Waals surface area contributed by atoms with E-state index in [1.807, 2.05) is 0 Å². The van der Waals surface area contributed by atoms with Gasteiger partial charge in [0.15, 0.2) is 6.10 Å². The molecule has 0 saturated carbocycles. The number of ether oxygens (including phenoxy) is 3. The summed E-state index contributed by atoms with van der Waals surface area (Å²) in [4.78, 5) is 38.3. The van der Waals surface area contributed by atoms with Gasteiger partial charge in [0.25, 0.3) is 0 Å². The third-order valence-corrected chi connectivity index (χ3v) is 13.2. The van der Waals surface area contributed by atoms with E-state index in [4.69, 9.17) is 14.2 Å². The summed E-state index contributed by atoms with van der Waals surface area (Å²) >= 11 is 0. The SMILES string of the molecule is CC/C=C\C/C=C\C/C=C\C/C=C\C/C=C\C/C=C\CCCCCCCCC(=O)OCC(COC(=O)CCCCCCCCCCCCCC)OC(=O)CCCCCCCCCC/C=C\C/C=C\C/C=C\C/C=C\CC. The van der Waals surface area contributed by atoms with Crippen LogP contribution in [0.2, 0.25) is 0 Å². The van der Waals surface area contributed by atoms with Crippen molar-refractivity contribution in [2.24, 2.45) is 0 Å². The van der Waals surface area contributed by atoms with E-state index in [0.29, 0.717) is 19.3 Å². The normalized spacial score (nSPS) is 12.9. The van der Waals surface area contributed by atoms with Crippen molar-refractivity contribution in [3.8, 4) is 0 Å². The summed E-state index contributed by atoms with van der Waals surface area (Å²) in [7, 11) is 0. The van der Waals surface area contributed by atoms with Gasteiger partial charge in [-0.15, -0.1) is 0 Å². The zero-order chi connectivity index (χ0) is 55.0. The van der Waals surface area contributed by atoms with Crippen LogP contribution in [0.1, 0.15) is 284 Å². The minimum absolute atomic E-state index is 0.0863. The van der Waals surface area contributed by atoms with Gasteiger partial charge in [0.1, 0.15) is 13.2 Å². The summed E-state index contributed by atoms with van der Waals surface area (Å²) in [5.74, 6) is -0.905. The zero-order valence-electron chi connectivity index (χ0n) is 49.5. The molecule has 6 heteroatoms. The van der Waals surface area contributed by atoms with Crippen molar-refractivity contribution >= 4 is 17.9 Å². The Kier molecular flexibility index (Phi) is 59.9. The Morgan fingerprint density at radius 1 is 0.276 bits per heavy atom. The Hall–Kier alpha value is -4.19. The van der Waals surface area contributed by atoms with Crippen molar-refractivity contribution in [1.82, 2.24) is 0 Å². The van der Waals surface area contributed by atoms with E-state index in [-0.39, 0.29) is 31.1 Å². The summed E-state index contributed by atoms with van der Waals surface area (Å²) in [5.41, 5.74) is 0. The van der Waals surface area contributed by atoms with Gasteiger partial charge in [0.05, 0.1) is 0 Å². The van der Waals surface area contributed by atoms with Crippen LogP contribution in [0.15, 0.2) is 122 Å². The highest BCUT2D eigenvalue weighted by Gasteiger charge is 2.19. The molecular formula is C70H116O6. The lowest BCUT2D eigenvalue weighted by molar-refractivity contribution is -0.167. The first-order valence-corrected chi connectivity index (χ1v) is 31.5. The number of hydrogen-bond donors (Lipinski definition) is 0. The fourth-order valence-corrected chi connectivity index (χ4v) is 8.56. The topological polar surface area (TPSA) is 78.9 Å². The molecule has 1 unspecified atom stereocenters. The van der Waals surface area contributed by atoms with E-state index in [2.05, 4.69) is 142 Å². The Morgan fingerprint density at radius 3 is 0.803 bits per heavy atom. The Morgan fingerprint density at radius 2 is 0.513 bits per heavy atom. The van der Waals surface area contributed by atoms with Crippen molar-refractivity contribution in [2.75, 3.05) is 13.2 Å². The minimum atomic E-state index is -0.791. The largest absolute Gasteiger partial charge is 0.462 e. The lowest BCUT2D eigenvalue weighted by Gasteiger charge is -2.18. The molecular weight excluding hydrogens is 937 g/mol. The average Bonchev–Trinajstić information content (AvgIpc) is 3.42. The molecule has 76 heavy (non-hydrogen) atoms. The average molecular weight is 1050 g/mol. The molecule has 0 aliphatic heterocycles. The van der Waals surface area contributed by atoms with E-state index in [0.717, 1.165) is 141 Å². The van der Waals surface area contributed by atoms with E-state index in [1.54, 1.807) is 0 Å². The molecule has 1 atom stereocenters. The third-order valence-electron chi connectivity index (χ3n) is 13.2. The predicted molar refractivity (Wildman–Crippen MR) is 330 cm³/mol. The molecule has 0 heterocycles. The second kappa shape index (κ2) is 63.3. The molecule has 0 saturated heterocycles. The highest BCUT2D eigenvalue weighted by atomic mass is 16.6. The van der Waals surface area contributed by atoms with E-state index < -0.39 is 6.10 Å². The number of hydrogen-bond acceptors (Lipinski definition) is 6. The zero-order valence-corrected chi connectivity index (χ0v) is 49.5. The first-order chi connectivity index (χ1) is 37.5. The summed E-state index contributed by atoms with van der Waals surface area (Å²) in [5, 5.41) is 0. The summed E-state index contributed by atoms with van der Waals surface area (Å²) < 4.78 is 16.9. The van der Waals surface area contributed by atoms with Crippen molar-refractivity contribution < 1.29 is 28.6 Å². The predicted octanol–water partition coefficient (Wildman–Crippen LogP) is 21.6. The first-order valence-electron chi connectivity index (χ1n) is 31.5. The number of esters is 3. The molecule has 432 valence electrons. The van der Waals surface area contributed by atoms with Crippen LogP contribution in [0.5, 0.6) is 0 Å². The number of unbranched alkanes of at least 4 members (excludes halogenated alkanes) is 25. The molecule has 0 aromatic heterocycles. The van der Waals surface area contributed by atoms with Crippen LogP contribution >= 0.6 is 0 Å². The molecule has 0 radical (unpaired) electrons. The molecule has 6 nitrogen and oxygen atoms in total. The molecule has 0 N–H and O–H groups in total. The molecule has 0 bridgehead atoms. The Balaban J connectivity index is 4.38. The van der Waals surface area contributed by atoms with Gasteiger partial charge in [0, 0.05) is 19.3 Å². The van der Waals surface area contributed by atoms with Crippen molar-refractivity contribution in [1.29, 1.82) is 0 Å². The van der Waals surface area contributed by atoms with Gasteiger partial charge >= 0.3 is 17.9 Å². The van der Waals surface area contributed by atoms with Gasteiger partial charge in [-0.2, -0.15) is 0 Å². The van der Waals surface area contributed by atoms with E-state index in [9.17, 15) is 14.4 Å². The third kappa shape index (κ3) is 60.7. The Bertz CT molecular complexity index is 1590. The van der Waals surface area contributed by atoms with E-state index in [1.165, 1.54) is 103 Å². The van der Waals surface area contributed by atoms with Crippen LogP contribution < -0.4 is 0 Å². The van der Waals surface area contributed by atoms with Gasteiger partial charge < -0.3 is 14.2 Å². The molecule has 0 aromatic rings. The highest BCUT2D eigenvalue weighted by Crippen LogP contribution is 2.16. The smallest absolute Gasteiger partial charge is 0.306 e. The van der Waals surface area contributed by atoms with Crippen LogP contribution in [0.3, 0.4) is 0 Å². The summed E-state index contributed by atoms with van der Waals surface area (Å²) in [6, 6.07) is 0. The van der Waals surface area contributed by atoms with Crippen LogP contribution in [-0.4, -0.2) is 37.2 Å². The quantitative estimate of drug-likeness (QED) is 0.0261. The highest BCUT2D eigenvalue weighted by molar-refractivity contribution is 5.71.